The van der Waals surface area contributed by atoms with Crippen LogP contribution in [-0.2, 0) is 52.7 Å². The van der Waals surface area contributed by atoms with Crippen LogP contribution in [0, 0.1) is 0 Å². The summed E-state index contributed by atoms with van der Waals surface area (Å²) >= 11 is 0. The fourth-order valence-corrected chi connectivity index (χ4v) is 6.04. The van der Waals surface area contributed by atoms with Gasteiger partial charge in [-0.15, -0.1) is 0 Å². The summed E-state index contributed by atoms with van der Waals surface area (Å²) in [4.78, 5) is 0. The largest absolute Gasteiger partial charge is 0.508 e. The fourth-order valence-electron chi connectivity index (χ4n) is 6.04. The Morgan fingerprint density at radius 1 is 0.435 bits per heavy atom. The van der Waals surface area contributed by atoms with Gasteiger partial charge in [0.1, 0.15) is 5.75 Å². The summed E-state index contributed by atoms with van der Waals surface area (Å²) in [6, 6.07) is 35.3. The zero-order valence-electron chi connectivity index (χ0n) is 28.9. The number of phenols is 1. The van der Waals surface area contributed by atoms with Crippen LogP contribution in [0.4, 0.5) is 0 Å². The van der Waals surface area contributed by atoms with Crippen LogP contribution >= 0.6 is 0 Å². The van der Waals surface area contributed by atoms with Crippen LogP contribution < -0.4 is 0 Å². The molecule has 1 N–H and O–H groups in total. The van der Waals surface area contributed by atoms with E-state index in [1.54, 1.807) is 0 Å². The third-order valence-electron chi connectivity index (χ3n) is 8.50. The quantitative estimate of drug-likeness (QED) is 0.120. The predicted molar refractivity (Wildman–Crippen MR) is 190 cm³/mol. The first-order valence-electron chi connectivity index (χ1n) is 16.8. The second-order valence-corrected chi connectivity index (χ2v) is 14.3. The summed E-state index contributed by atoms with van der Waals surface area (Å²) < 4.78 is 19.5. The van der Waals surface area contributed by atoms with Gasteiger partial charge >= 0.3 is 0 Å². The molecule has 4 heteroatoms. The highest BCUT2D eigenvalue weighted by atomic mass is 16.5. The molecule has 0 atom stereocenters. The topological polar surface area (TPSA) is 47.9 Å². The Morgan fingerprint density at radius 3 is 1.17 bits per heavy atom. The lowest BCUT2D eigenvalue weighted by Gasteiger charge is -2.33. The Labute approximate surface area is 277 Å². The normalized spacial score (nSPS) is 12.4. The molecule has 0 heterocycles. The predicted octanol–water partition coefficient (Wildman–Crippen LogP) is 9.13. The van der Waals surface area contributed by atoms with Gasteiger partial charge in [0.05, 0.1) is 36.6 Å². The molecule has 46 heavy (non-hydrogen) atoms. The molecular formula is C42H54O4. The van der Waals surface area contributed by atoms with Crippen molar-refractivity contribution in [1.82, 2.24) is 0 Å². The van der Waals surface area contributed by atoms with E-state index in [2.05, 4.69) is 120 Å². The molecule has 0 saturated heterocycles. The van der Waals surface area contributed by atoms with E-state index in [-0.39, 0.29) is 0 Å². The van der Waals surface area contributed by atoms with Gasteiger partial charge in [-0.2, -0.15) is 0 Å². The van der Waals surface area contributed by atoms with Crippen molar-refractivity contribution < 1.29 is 19.3 Å². The molecule has 0 spiro atoms. The van der Waals surface area contributed by atoms with Gasteiger partial charge in [-0.3, -0.25) is 0 Å². The summed E-state index contributed by atoms with van der Waals surface area (Å²) in [5.41, 5.74) is 5.73. The summed E-state index contributed by atoms with van der Waals surface area (Å²) in [7, 11) is 0. The lowest BCUT2D eigenvalue weighted by molar-refractivity contribution is -0.0220. The molecule has 246 valence electrons. The van der Waals surface area contributed by atoms with E-state index in [0.717, 1.165) is 36.8 Å². The number of aromatic hydroxyl groups is 1. The molecule has 0 aliphatic rings. The lowest BCUT2D eigenvalue weighted by Crippen LogP contribution is -2.34. The molecule has 0 aliphatic heterocycles. The number of rotatable bonds is 18. The van der Waals surface area contributed by atoms with E-state index in [9.17, 15) is 5.11 Å². The molecule has 0 aromatic heterocycles. The lowest BCUT2D eigenvalue weighted by atomic mass is 9.83. The summed E-state index contributed by atoms with van der Waals surface area (Å²) in [5.74, 6) is 0.307. The third-order valence-corrected chi connectivity index (χ3v) is 8.50. The van der Waals surface area contributed by atoms with Crippen LogP contribution in [0.15, 0.2) is 103 Å². The molecule has 0 fully saturated rings. The highest BCUT2D eigenvalue weighted by molar-refractivity contribution is 5.46. The fraction of sp³-hybridized carbons (Fsp3) is 0.429. The van der Waals surface area contributed by atoms with Crippen LogP contribution in [0.3, 0.4) is 0 Å². The van der Waals surface area contributed by atoms with Gasteiger partial charge in [0.25, 0.3) is 0 Å². The Balaban J connectivity index is 1.52. The molecular weight excluding hydrogens is 568 g/mol. The van der Waals surface area contributed by atoms with Gasteiger partial charge in [0.15, 0.2) is 0 Å². The van der Waals surface area contributed by atoms with E-state index >= 15 is 0 Å². The zero-order valence-corrected chi connectivity index (χ0v) is 28.9. The Bertz CT molecular complexity index is 1460. The van der Waals surface area contributed by atoms with Gasteiger partial charge in [0, 0.05) is 24.8 Å². The van der Waals surface area contributed by atoms with Crippen LogP contribution in [-0.4, -0.2) is 41.7 Å². The first-order valence-corrected chi connectivity index (χ1v) is 16.8. The van der Waals surface area contributed by atoms with Crippen molar-refractivity contribution in [3.8, 4) is 5.75 Å². The Morgan fingerprint density at radius 2 is 0.783 bits per heavy atom. The molecule has 0 amide bonds. The molecule has 0 unspecified atom stereocenters. The third kappa shape index (κ3) is 11.7. The second kappa shape index (κ2) is 16.4. The number of hydrogen-bond acceptors (Lipinski definition) is 4. The molecule has 4 aromatic rings. The van der Waals surface area contributed by atoms with Crippen molar-refractivity contribution in [2.75, 3.05) is 19.8 Å². The number of phenolic OH excluding ortho intramolecular Hbond substituents is 1. The van der Waals surface area contributed by atoms with E-state index in [0.29, 0.717) is 38.4 Å². The Hall–Kier alpha value is -3.44. The summed E-state index contributed by atoms with van der Waals surface area (Å²) in [6.07, 6.45) is 4.55. The smallest absolute Gasteiger partial charge is 0.119 e. The van der Waals surface area contributed by atoms with Crippen molar-refractivity contribution >= 4 is 0 Å². The molecule has 0 bridgehead atoms. The van der Waals surface area contributed by atoms with Crippen molar-refractivity contribution in [1.29, 1.82) is 0 Å². The van der Waals surface area contributed by atoms with Crippen LogP contribution in [0.5, 0.6) is 5.75 Å². The van der Waals surface area contributed by atoms with Crippen molar-refractivity contribution in [3.05, 3.63) is 137 Å². The number of benzene rings is 4. The van der Waals surface area contributed by atoms with Crippen molar-refractivity contribution in [3.63, 3.8) is 0 Å². The highest BCUT2D eigenvalue weighted by Crippen LogP contribution is 2.35. The Kier molecular flexibility index (Phi) is 12.6. The van der Waals surface area contributed by atoms with E-state index in [1.165, 1.54) is 22.3 Å². The first kappa shape index (κ1) is 35.4. The molecule has 0 radical (unpaired) electrons. The molecule has 4 nitrogen and oxygen atoms in total. The zero-order chi connectivity index (χ0) is 33.0. The molecule has 0 saturated carbocycles. The van der Waals surface area contributed by atoms with E-state index in [1.807, 2.05) is 24.3 Å². The van der Waals surface area contributed by atoms with Crippen LogP contribution in [0.2, 0.25) is 0 Å². The first-order chi connectivity index (χ1) is 21.9. The van der Waals surface area contributed by atoms with Crippen molar-refractivity contribution in [2.24, 2.45) is 0 Å². The van der Waals surface area contributed by atoms with Gasteiger partial charge in [-0.05, 0) is 94.7 Å². The maximum atomic E-state index is 11.3. The van der Waals surface area contributed by atoms with Crippen molar-refractivity contribution in [2.45, 2.75) is 96.9 Å². The summed E-state index contributed by atoms with van der Waals surface area (Å²) in [5, 5.41) is 11.3. The average molecular weight is 623 g/mol. The number of ether oxygens (including phenoxy) is 3. The second-order valence-electron chi connectivity index (χ2n) is 14.3. The minimum absolute atomic E-state index is 0.307. The van der Waals surface area contributed by atoms with E-state index in [4.69, 9.17) is 14.2 Å². The van der Waals surface area contributed by atoms with Gasteiger partial charge in [0.2, 0.25) is 0 Å². The van der Waals surface area contributed by atoms with Gasteiger partial charge in [-0.1, -0.05) is 97.1 Å². The minimum Gasteiger partial charge on any atom is -0.508 e. The van der Waals surface area contributed by atoms with Gasteiger partial charge < -0.3 is 19.3 Å². The SMILES string of the molecule is CC(C)(Cc1ccc(O)c(CC(C)(C)OCCc2ccccc2)c1CC(C)(C)OCCc1ccccc1)OCCc1ccccc1. The number of hydrogen-bond donors (Lipinski definition) is 1. The standard InChI is InChI=1S/C42H54O4/c1-40(2,44-27-24-33-16-10-7-11-17-33)30-36-22-23-39(43)38(32-42(5,6)46-29-26-35-20-14-9-15-21-35)37(36)31-41(3,4)45-28-25-34-18-12-8-13-19-34/h7-23,43H,24-32H2,1-6H3. The van der Waals surface area contributed by atoms with Gasteiger partial charge in [-0.25, -0.2) is 0 Å². The molecule has 4 rings (SSSR count). The maximum Gasteiger partial charge on any atom is 0.119 e. The monoisotopic (exact) mass is 622 g/mol. The molecule has 4 aromatic carbocycles. The van der Waals surface area contributed by atoms with Crippen LogP contribution in [0.25, 0.3) is 0 Å². The molecule has 0 aliphatic carbocycles. The maximum absolute atomic E-state index is 11.3. The van der Waals surface area contributed by atoms with Crippen LogP contribution in [0.1, 0.15) is 74.9 Å². The highest BCUT2D eigenvalue weighted by Gasteiger charge is 2.30. The minimum atomic E-state index is -0.473. The van der Waals surface area contributed by atoms with E-state index < -0.39 is 16.8 Å². The summed E-state index contributed by atoms with van der Waals surface area (Å²) in [6.45, 7) is 14.7. The average Bonchev–Trinajstić information content (AvgIpc) is 3.01.